The second-order valence-electron chi connectivity index (χ2n) is 3.98. The van der Waals surface area contributed by atoms with Crippen molar-refractivity contribution >= 4 is 29.3 Å². The van der Waals surface area contributed by atoms with Crippen LogP contribution in [0.25, 0.3) is 0 Å². The van der Waals surface area contributed by atoms with Gasteiger partial charge in [0.2, 0.25) is 11.7 Å². The maximum atomic E-state index is 11.7. The fourth-order valence-electron chi connectivity index (χ4n) is 1.74. The molecule has 2 heterocycles. The fraction of sp³-hybridized carbons (Fsp3) is 0.400. The van der Waals surface area contributed by atoms with Gasteiger partial charge in [0.15, 0.2) is 5.09 Å². The van der Waals surface area contributed by atoms with Crippen molar-refractivity contribution in [3.05, 3.63) is 11.8 Å². The Hall–Kier alpha value is -1.43. The van der Waals surface area contributed by atoms with Gasteiger partial charge in [0.1, 0.15) is 0 Å². The molecule has 16 heavy (non-hydrogen) atoms. The SMILES string of the molecule is O=C(O)c1cc2c(o1)SC(C1CC1)C(=O)N2. The molecule has 3 rings (SSSR count). The predicted molar refractivity (Wildman–Crippen MR) is 56.7 cm³/mol. The number of carboxylic acids is 1. The zero-order valence-electron chi connectivity index (χ0n) is 8.23. The second-order valence-corrected chi connectivity index (χ2v) is 5.10. The lowest BCUT2D eigenvalue weighted by atomic mass is 10.2. The van der Waals surface area contributed by atoms with E-state index >= 15 is 0 Å². The number of nitrogens with one attached hydrogen (secondary N) is 1. The van der Waals surface area contributed by atoms with Crippen LogP contribution in [-0.2, 0) is 4.79 Å². The number of carbonyl (C=O) groups excluding carboxylic acids is 1. The van der Waals surface area contributed by atoms with Gasteiger partial charge in [-0.15, -0.1) is 0 Å². The Morgan fingerprint density at radius 3 is 2.94 bits per heavy atom. The van der Waals surface area contributed by atoms with Crippen molar-refractivity contribution in [3.8, 4) is 0 Å². The van der Waals surface area contributed by atoms with E-state index in [-0.39, 0.29) is 16.9 Å². The number of thioether (sulfide) groups is 1. The Morgan fingerprint density at radius 2 is 2.31 bits per heavy atom. The molecule has 1 aliphatic heterocycles. The molecule has 1 aromatic rings. The fourth-order valence-corrected chi connectivity index (χ4v) is 2.97. The first-order valence-corrected chi connectivity index (χ1v) is 5.88. The van der Waals surface area contributed by atoms with Crippen molar-refractivity contribution in [2.45, 2.75) is 23.2 Å². The summed E-state index contributed by atoms with van der Waals surface area (Å²) in [6, 6.07) is 1.35. The van der Waals surface area contributed by atoms with E-state index < -0.39 is 5.97 Å². The van der Waals surface area contributed by atoms with Crippen LogP contribution in [0.1, 0.15) is 23.4 Å². The third-order valence-corrected chi connectivity index (χ3v) is 4.08. The number of amides is 1. The van der Waals surface area contributed by atoms with Crippen LogP contribution in [0.5, 0.6) is 0 Å². The van der Waals surface area contributed by atoms with Crippen LogP contribution in [0, 0.1) is 5.92 Å². The number of furan rings is 1. The van der Waals surface area contributed by atoms with Gasteiger partial charge in [-0.1, -0.05) is 11.8 Å². The summed E-state index contributed by atoms with van der Waals surface area (Å²) >= 11 is 1.33. The zero-order chi connectivity index (χ0) is 11.3. The van der Waals surface area contributed by atoms with E-state index in [9.17, 15) is 9.59 Å². The highest BCUT2D eigenvalue weighted by Gasteiger charge is 2.41. The summed E-state index contributed by atoms with van der Waals surface area (Å²) in [5.74, 6) is -0.879. The average Bonchev–Trinajstić information content (AvgIpc) is 2.97. The minimum Gasteiger partial charge on any atom is -0.475 e. The Kier molecular flexibility index (Phi) is 2.00. The molecule has 1 aromatic heterocycles. The standard InChI is InChI=1S/C10H9NO4S/c12-8-7(4-1-2-4)16-10-5(11-8)3-6(15-10)9(13)14/h3-4,7H,1-2H2,(H,11,12)(H,13,14). The molecular formula is C10H9NO4S. The van der Waals surface area contributed by atoms with Gasteiger partial charge in [-0.05, 0) is 18.8 Å². The molecule has 2 aliphatic rings. The van der Waals surface area contributed by atoms with Crippen molar-refractivity contribution in [1.82, 2.24) is 0 Å². The number of carboxylic acid groups (broad SMARTS) is 1. The monoisotopic (exact) mass is 239 g/mol. The zero-order valence-corrected chi connectivity index (χ0v) is 9.04. The molecule has 0 radical (unpaired) electrons. The molecule has 1 amide bonds. The summed E-state index contributed by atoms with van der Waals surface area (Å²) in [6.07, 6.45) is 2.12. The van der Waals surface area contributed by atoms with E-state index in [0.717, 1.165) is 12.8 Å². The summed E-state index contributed by atoms with van der Waals surface area (Å²) in [5, 5.41) is 11.8. The topological polar surface area (TPSA) is 79.5 Å². The molecule has 0 saturated heterocycles. The van der Waals surface area contributed by atoms with E-state index in [4.69, 9.17) is 9.52 Å². The summed E-state index contributed by atoms with van der Waals surface area (Å²) in [7, 11) is 0. The Bertz CT molecular complexity index is 477. The lowest BCUT2D eigenvalue weighted by molar-refractivity contribution is -0.116. The van der Waals surface area contributed by atoms with Crippen LogP contribution >= 0.6 is 11.8 Å². The van der Waals surface area contributed by atoms with Gasteiger partial charge in [-0.3, -0.25) is 4.79 Å². The Labute approximate surface area is 95.2 Å². The van der Waals surface area contributed by atoms with E-state index in [1.165, 1.54) is 17.8 Å². The molecule has 1 unspecified atom stereocenters. The van der Waals surface area contributed by atoms with Crippen LogP contribution in [-0.4, -0.2) is 22.2 Å². The number of hydrogen-bond donors (Lipinski definition) is 2. The van der Waals surface area contributed by atoms with Gasteiger partial charge >= 0.3 is 5.97 Å². The molecule has 0 spiro atoms. The molecule has 1 aliphatic carbocycles. The maximum absolute atomic E-state index is 11.7. The number of hydrogen-bond acceptors (Lipinski definition) is 4. The molecule has 0 aromatic carbocycles. The summed E-state index contributed by atoms with van der Waals surface area (Å²) in [4.78, 5) is 22.4. The van der Waals surface area contributed by atoms with Gasteiger partial charge in [-0.2, -0.15) is 0 Å². The highest BCUT2D eigenvalue weighted by Crippen LogP contribution is 2.47. The van der Waals surface area contributed by atoms with Crippen molar-refractivity contribution in [2.75, 3.05) is 5.32 Å². The van der Waals surface area contributed by atoms with Gasteiger partial charge in [0, 0.05) is 6.07 Å². The lowest BCUT2D eigenvalue weighted by Crippen LogP contribution is -2.29. The first-order chi connectivity index (χ1) is 7.65. The third kappa shape index (κ3) is 1.49. The summed E-state index contributed by atoms with van der Waals surface area (Å²) < 4.78 is 5.17. The molecular weight excluding hydrogens is 230 g/mol. The van der Waals surface area contributed by atoms with Crippen LogP contribution < -0.4 is 5.32 Å². The van der Waals surface area contributed by atoms with E-state index in [2.05, 4.69) is 5.32 Å². The number of fused-ring (bicyclic) bond motifs is 1. The van der Waals surface area contributed by atoms with Gasteiger partial charge < -0.3 is 14.8 Å². The summed E-state index contributed by atoms with van der Waals surface area (Å²) in [5.41, 5.74) is 0.476. The lowest BCUT2D eigenvalue weighted by Gasteiger charge is -2.19. The smallest absolute Gasteiger partial charge is 0.371 e. The number of aromatic carboxylic acids is 1. The van der Waals surface area contributed by atoms with Crippen LogP contribution in [0.3, 0.4) is 0 Å². The molecule has 1 fully saturated rings. The largest absolute Gasteiger partial charge is 0.475 e. The van der Waals surface area contributed by atoms with Crippen molar-refractivity contribution in [1.29, 1.82) is 0 Å². The molecule has 1 atom stereocenters. The molecule has 2 N–H and O–H groups in total. The Balaban J connectivity index is 1.92. The van der Waals surface area contributed by atoms with Gasteiger partial charge in [0.25, 0.3) is 0 Å². The van der Waals surface area contributed by atoms with Crippen LogP contribution in [0.4, 0.5) is 5.69 Å². The minimum atomic E-state index is -1.12. The number of carbonyl (C=O) groups is 2. The van der Waals surface area contributed by atoms with Crippen LogP contribution in [0.2, 0.25) is 0 Å². The highest BCUT2D eigenvalue weighted by molar-refractivity contribution is 8.00. The quantitative estimate of drug-likeness (QED) is 0.822. The Morgan fingerprint density at radius 1 is 1.56 bits per heavy atom. The van der Waals surface area contributed by atoms with Crippen molar-refractivity contribution < 1.29 is 19.1 Å². The summed E-state index contributed by atoms with van der Waals surface area (Å²) in [6.45, 7) is 0. The predicted octanol–water partition coefficient (Wildman–Crippen LogP) is 1.80. The first-order valence-electron chi connectivity index (χ1n) is 5.00. The number of anilines is 1. The van der Waals surface area contributed by atoms with Gasteiger partial charge in [0.05, 0.1) is 10.9 Å². The highest BCUT2D eigenvalue weighted by atomic mass is 32.2. The van der Waals surface area contributed by atoms with E-state index in [1.807, 2.05) is 0 Å². The second kappa shape index (κ2) is 3.28. The van der Waals surface area contributed by atoms with E-state index in [1.54, 1.807) is 0 Å². The van der Waals surface area contributed by atoms with Crippen molar-refractivity contribution in [2.24, 2.45) is 5.92 Å². The van der Waals surface area contributed by atoms with E-state index in [0.29, 0.717) is 16.7 Å². The third-order valence-electron chi connectivity index (χ3n) is 2.71. The average molecular weight is 239 g/mol. The van der Waals surface area contributed by atoms with Gasteiger partial charge in [-0.25, -0.2) is 4.79 Å². The normalized spacial score (nSPS) is 23.8. The first kappa shape index (κ1) is 9.77. The van der Waals surface area contributed by atoms with Crippen LogP contribution in [0.15, 0.2) is 15.6 Å². The molecule has 0 bridgehead atoms. The maximum Gasteiger partial charge on any atom is 0.371 e. The molecule has 84 valence electrons. The molecule has 6 heteroatoms. The molecule has 5 nitrogen and oxygen atoms in total. The van der Waals surface area contributed by atoms with Crippen molar-refractivity contribution in [3.63, 3.8) is 0 Å². The molecule has 1 saturated carbocycles. The number of rotatable bonds is 2. The minimum absolute atomic E-state index is 0.0438.